The van der Waals surface area contributed by atoms with Crippen molar-refractivity contribution >= 4 is 21.4 Å². The molecule has 1 N–H and O–H groups in total. The number of sulfonamides is 1. The maximum atomic E-state index is 12.1. The summed E-state index contributed by atoms with van der Waals surface area (Å²) in [4.78, 5) is 0. The van der Waals surface area contributed by atoms with Crippen molar-refractivity contribution in [3.8, 4) is 11.4 Å². The SMILES string of the molecule is COc1ccc(-n2nnnc2CNS(=O)(=O)c2cccs2)cc1. The minimum absolute atomic E-state index is 0.0146. The number of hydrogen-bond acceptors (Lipinski definition) is 7. The Morgan fingerprint density at radius 2 is 2.04 bits per heavy atom. The summed E-state index contributed by atoms with van der Waals surface area (Å²) in [6, 6.07) is 10.3. The summed E-state index contributed by atoms with van der Waals surface area (Å²) < 4.78 is 33.6. The summed E-state index contributed by atoms with van der Waals surface area (Å²) in [6.45, 7) is -0.0146. The van der Waals surface area contributed by atoms with E-state index in [1.54, 1.807) is 48.9 Å². The highest BCUT2D eigenvalue weighted by molar-refractivity contribution is 7.91. The van der Waals surface area contributed by atoms with E-state index in [1.165, 1.54) is 4.68 Å². The van der Waals surface area contributed by atoms with E-state index in [0.29, 0.717) is 17.3 Å². The molecule has 0 aliphatic carbocycles. The van der Waals surface area contributed by atoms with E-state index in [9.17, 15) is 8.42 Å². The number of methoxy groups -OCH3 is 1. The highest BCUT2D eigenvalue weighted by Crippen LogP contribution is 2.17. The van der Waals surface area contributed by atoms with Gasteiger partial charge in [0.15, 0.2) is 5.82 Å². The van der Waals surface area contributed by atoms with Crippen molar-refractivity contribution in [1.29, 1.82) is 0 Å². The topological polar surface area (TPSA) is 99.0 Å². The summed E-state index contributed by atoms with van der Waals surface area (Å²) in [5.41, 5.74) is 0.709. The first-order valence-electron chi connectivity index (χ1n) is 6.55. The van der Waals surface area contributed by atoms with Gasteiger partial charge in [-0.25, -0.2) is 13.1 Å². The van der Waals surface area contributed by atoms with Crippen LogP contribution in [0.15, 0.2) is 46.0 Å². The molecule has 1 aromatic carbocycles. The minimum atomic E-state index is -3.56. The molecule has 2 aromatic heterocycles. The Balaban J connectivity index is 1.79. The lowest BCUT2D eigenvalue weighted by Gasteiger charge is -2.07. The zero-order valence-corrected chi connectivity index (χ0v) is 13.7. The molecule has 0 bridgehead atoms. The number of hydrogen-bond donors (Lipinski definition) is 1. The average molecular weight is 351 g/mol. The first kappa shape index (κ1) is 15.6. The maximum absolute atomic E-state index is 12.1. The van der Waals surface area contributed by atoms with Crippen LogP contribution < -0.4 is 9.46 Å². The Hall–Kier alpha value is -2.30. The van der Waals surface area contributed by atoms with E-state index < -0.39 is 10.0 Å². The molecule has 0 unspecified atom stereocenters. The number of aromatic nitrogens is 4. The van der Waals surface area contributed by atoms with Crippen LogP contribution in [0.2, 0.25) is 0 Å². The lowest BCUT2D eigenvalue weighted by Crippen LogP contribution is -2.24. The Morgan fingerprint density at radius 1 is 1.26 bits per heavy atom. The second-order valence-corrected chi connectivity index (χ2v) is 7.40. The lowest BCUT2D eigenvalue weighted by molar-refractivity contribution is 0.414. The van der Waals surface area contributed by atoms with Crippen molar-refractivity contribution in [2.45, 2.75) is 10.8 Å². The standard InChI is InChI=1S/C13H13N5O3S2/c1-21-11-6-4-10(5-7-11)18-12(15-16-17-18)9-14-23(19,20)13-3-2-8-22-13/h2-8,14H,9H2,1H3. The second-order valence-electron chi connectivity index (χ2n) is 4.46. The third kappa shape index (κ3) is 3.38. The smallest absolute Gasteiger partial charge is 0.250 e. The highest BCUT2D eigenvalue weighted by atomic mass is 32.2. The molecule has 0 atom stereocenters. The maximum Gasteiger partial charge on any atom is 0.250 e. The molecule has 0 spiro atoms. The predicted molar refractivity (Wildman–Crippen MR) is 84.1 cm³/mol. The molecule has 23 heavy (non-hydrogen) atoms. The van der Waals surface area contributed by atoms with Gasteiger partial charge in [0.2, 0.25) is 10.0 Å². The number of benzene rings is 1. The third-order valence-corrected chi connectivity index (χ3v) is 5.83. The van der Waals surface area contributed by atoms with Crippen LogP contribution in [0.25, 0.3) is 5.69 Å². The van der Waals surface area contributed by atoms with Gasteiger partial charge in [-0.15, -0.1) is 16.4 Å². The van der Waals surface area contributed by atoms with Crippen LogP contribution in [0.5, 0.6) is 5.75 Å². The molecule has 8 nitrogen and oxygen atoms in total. The quantitative estimate of drug-likeness (QED) is 0.717. The van der Waals surface area contributed by atoms with Crippen LogP contribution in [0.4, 0.5) is 0 Å². The number of nitrogens with zero attached hydrogens (tertiary/aromatic N) is 4. The van der Waals surface area contributed by atoms with Gasteiger partial charge in [-0.05, 0) is 46.1 Å². The van der Waals surface area contributed by atoms with Crippen molar-refractivity contribution in [3.05, 3.63) is 47.6 Å². The Bertz CT molecular complexity index is 873. The fraction of sp³-hybridized carbons (Fsp3) is 0.154. The van der Waals surface area contributed by atoms with E-state index in [4.69, 9.17) is 4.74 Å². The molecule has 0 amide bonds. The second kappa shape index (κ2) is 6.44. The van der Waals surface area contributed by atoms with Gasteiger partial charge < -0.3 is 4.74 Å². The van der Waals surface area contributed by atoms with Crippen molar-refractivity contribution in [2.75, 3.05) is 7.11 Å². The van der Waals surface area contributed by atoms with Crippen molar-refractivity contribution < 1.29 is 13.2 Å². The molecule has 0 radical (unpaired) electrons. The summed E-state index contributed by atoms with van der Waals surface area (Å²) in [7, 11) is -1.98. The Labute approximate surface area is 136 Å². The first-order valence-corrected chi connectivity index (χ1v) is 8.91. The molecule has 120 valence electrons. The fourth-order valence-corrected chi connectivity index (χ4v) is 3.90. The van der Waals surface area contributed by atoms with Crippen LogP contribution in [0.1, 0.15) is 5.82 Å². The van der Waals surface area contributed by atoms with Crippen LogP contribution in [-0.2, 0) is 16.6 Å². The summed E-state index contributed by atoms with van der Waals surface area (Å²) in [6.07, 6.45) is 0. The highest BCUT2D eigenvalue weighted by Gasteiger charge is 2.17. The Morgan fingerprint density at radius 3 is 2.70 bits per heavy atom. The van der Waals surface area contributed by atoms with E-state index in [2.05, 4.69) is 20.2 Å². The van der Waals surface area contributed by atoms with E-state index >= 15 is 0 Å². The monoisotopic (exact) mass is 351 g/mol. The van der Waals surface area contributed by atoms with Gasteiger partial charge in [0.25, 0.3) is 0 Å². The fourth-order valence-electron chi connectivity index (χ4n) is 1.89. The number of nitrogens with one attached hydrogen (secondary N) is 1. The molecule has 0 saturated heterocycles. The average Bonchev–Trinajstić information content (AvgIpc) is 3.25. The van der Waals surface area contributed by atoms with Crippen molar-refractivity contribution in [1.82, 2.24) is 24.9 Å². The number of ether oxygens (including phenoxy) is 1. The van der Waals surface area contributed by atoms with Gasteiger partial charge in [0, 0.05) is 0 Å². The zero-order valence-electron chi connectivity index (χ0n) is 12.1. The van der Waals surface area contributed by atoms with Gasteiger partial charge in [-0.3, -0.25) is 0 Å². The molecule has 3 aromatic rings. The van der Waals surface area contributed by atoms with Crippen LogP contribution >= 0.6 is 11.3 Å². The summed E-state index contributed by atoms with van der Waals surface area (Å²) in [5, 5.41) is 13.1. The van der Waals surface area contributed by atoms with Crippen LogP contribution in [0.3, 0.4) is 0 Å². The molecular formula is C13H13N5O3S2. The molecule has 3 rings (SSSR count). The zero-order chi connectivity index (χ0) is 16.3. The molecule has 0 aliphatic rings. The van der Waals surface area contributed by atoms with E-state index in [1.807, 2.05) is 0 Å². The van der Waals surface area contributed by atoms with Crippen molar-refractivity contribution in [2.24, 2.45) is 0 Å². The number of rotatable bonds is 6. The normalized spacial score (nSPS) is 11.5. The first-order chi connectivity index (χ1) is 11.1. The molecule has 2 heterocycles. The third-order valence-electron chi connectivity index (χ3n) is 3.03. The summed E-state index contributed by atoms with van der Waals surface area (Å²) >= 11 is 1.15. The minimum Gasteiger partial charge on any atom is -0.497 e. The van der Waals surface area contributed by atoms with Gasteiger partial charge in [-0.1, -0.05) is 6.07 Å². The van der Waals surface area contributed by atoms with Gasteiger partial charge in [-0.2, -0.15) is 4.68 Å². The number of thiophene rings is 1. The Kier molecular flexibility index (Phi) is 4.37. The van der Waals surface area contributed by atoms with Gasteiger partial charge in [0.05, 0.1) is 19.3 Å². The number of tetrazole rings is 1. The van der Waals surface area contributed by atoms with Crippen LogP contribution in [-0.4, -0.2) is 35.7 Å². The van der Waals surface area contributed by atoms with Crippen LogP contribution in [0, 0.1) is 0 Å². The van der Waals surface area contributed by atoms with E-state index in [-0.39, 0.29) is 10.8 Å². The molecule has 0 fully saturated rings. The largest absolute Gasteiger partial charge is 0.497 e. The molecule has 0 aliphatic heterocycles. The molecule has 10 heteroatoms. The molecular weight excluding hydrogens is 338 g/mol. The van der Waals surface area contributed by atoms with Gasteiger partial charge >= 0.3 is 0 Å². The predicted octanol–water partition coefficient (Wildman–Crippen LogP) is 1.21. The lowest BCUT2D eigenvalue weighted by atomic mass is 10.3. The van der Waals surface area contributed by atoms with Crippen molar-refractivity contribution in [3.63, 3.8) is 0 Å². The van der Waals surface area contributed by atoms with E-state index in [0.717, 1.165) is 11.3 Å². The van der Waals surface area contributed by atoms with Gasteiger partial charge in [0.1, 0.15) is 9.96 Å². The summed E-state index contributed by atoms with van der Waals surface area (Å²) in [5.74, 6) is 1.09. The molecule has 0 saturated carbocycles.